The van der Waals surface area contributed by atoms with Crippen LogP contribution in [-0.4, -0.2) is 54.9 Å². The van der Waals surface area contributed by atoms with Gasteiger partial charge in [0.1, 0.15) is 0 Å². The molecule has 2 heterocycles. The van der Waals surface area contributed by atoms with Gasteiger partial charge in [0.15, 0.2) is 0 Å². The summed E-state index contributed by atoms with van der Waals surface area (Å²) < 4.78 is 5.76. The number of nitrogens with one attached hydrogen (secondary N) is 1. The molecule has 2 aliphatic heterocycles. The standard InChI is InChI=1S/C20H32N2O2/c1-15-5-7-17(8-6-15)20(23)12-21-19-9-10-22(13-16(19)2)14-18-4-3-11-24-18/h5-8,16,18-21,23H,3-4,9-14H2,1-2H3. The molecule has 0 radical (unpaired) electrons. The summed E-state index contributed by atoms with van der Waals surface area (Å²) in [5.41, 5.74) is 2.22. The van der Waals surface area contributed by atoms with E-state index in [1.807, 2.05) is 12.1 Å². The maximum Gasteiger partial charge on any atom is 0.0914 e. The highest BCUT2D eigenvalue weighted by Gasteiger charge is 2.28. The minimum Gasteiger partial charge on any atom is -0.387 e. The SMILES string of the molecule is Cc1ccc(C(O)CNC2CCN(CC3CCCO3)CC2C)cc1. The van der Waals surface area contributed by atoms with Crippen LogP contribution in [0.4, 0.5) is 0 Å². The number of rotatable bonds is 6. The van der Waals surface area contributed by atoms with Crippen LogP contribution in [-0.2, 0) is 4.74 Å². The minimum atomic E-state index is -0.428. The highest BCUT2D eigenvalue weighted by atomic mass is 16.5. The monoisotopic (exact) mass is 332 g/mol. The summed E-state index contributed by atoms with van der Waals surface area (Å²) in [7, 11) is 0. The third-order valence-electron chi connectivity index (χ3n) is 5.51. The van der Waals surface area contributed by atoms with E-state index >= 15 is 0 Å². The summed E-state index contributed by atoms with van der Waals surface area (Å²) in [5, 5.41) is 14.0. The number of likely N-dealkylation sites (tertiary alicyclic amines) is 1. The Morgan fingerprint density at radius 1 is 1.29 bits per heavy atom. The number of aliphatic hydroxyl groups excluding tert-OH is 1. The maximum atomic E-state index is 10.4. The molecule has 0 spiro atoms. The van der Waals surface area contributed by atoms with E-state index in [1.54, 1.807) is 0 Å². The van der Waals surface area contributed by atoms with Gasteiger partial charge in [0, 0.05) is 32.3 Å². The highest BCUT2D eigenvalue weighted by molar-refractivity contribution is 5.23. The van der Waals surface area contributed by atoms with Gasteiger partial charge in [-0.25, -0.2) is 0 Å². The smallest absolute Gasteiger partial charge is 0.0914 e. The Hall–Kier alpha value is -0.940. The molecular weight excluding hydrogens is 300 g/mol. The van der Waals surface area contributed by atoms with Gasteiger partial charge < -0.3 is 20.1 Å². The molecule has 4 atom stereocenters. The van der Waals surface area contributed by atoms with Gasteiger partial charge in [-0.1, -0.05) is 36.8 Å². The second-order valence-corrected chi connectivity index (χ2v) is 7.60. The molecule has 0 aliphatic carbocycles. The molecule has 24 heavy (non-hydrogen) atoms. The van der Waals surface area contributed by atoms with E-state index in [4.69, 9.17) is 4.74 Å². The lowest BCUT2D eigenvalue weighted by Crippen LogP contribution is -2.50. The van der Waals surface area contributed by atoms with Crippen molar-refractivity contribution in [3.8, 4) is 0 Å². The van der Waals surface area contributed by atoms with Crippen molar-refractivity contribution in [2.24, 2.45) is 5.92 Å². The third-order valence-corrected chi connectivity index (χ3v) is 5.51. The molecule has 4 unspecified atom stereocenters. The lowest BCUT2D eigenvalue weighted by molar-refractivity contribution is 0.0495. The highest BCUT2D eigenvalue weighted by Crippen LogP contribution is 2.21. The van der Waals surface area contributed by atoms with E-state index in [0.717, 1.165) is 38.2 Å². The van der Waals surface area contributed by atoms with Crippen molar-refractivity contribution in [3.63, 3.8) is 0 Å². The average Bonchev–Trinajstić information content (AvgIpc) is 3.07. The molecule has 2 fully saturated rings. The van der Waals surface area contributed by atoms with Gasteiger partial charge in [-0.2, -0.15) is 0 Å². The normalized spacial score (nSPS) is 29.7. The zero-order valence-corrected chi connectivity index (χ0v) is 15.1. The summed E-state index contributed by atoms with van der Waals surface area (Å²) in [6, 6.07) is 8.66. The summed E-state index contributed by atoms with van der Waals surface area (Å²) in [6.45, 7) is 9.29. The molecule has 4 nitrogen and oxygen atoms in total. The number of nitrogens with zero attached hydrogens (tertiary/aromatic N) is 1. The van der Waals surface area contributed by atoms with E-state index in [1.165, 1.54) is 18.4 Å². The van der Waals surface area contributed by atoms with Crippen LogP contribution in [0, 0.1) is 12.8 Å². The Bertz CT molecular complexity index is 499. The van der Waals surface area contributed by atoms with Gasteiger partial charge in [0.25, 0.3) is 0 Å². The third kappa shape index (κ3) is 4.79. The topological polar surface area (TPSA) is 44.7 Å². The summed E-state index contributed by atoms with van der Waals surface area (Å²) in [4.78, 5) is 2.55. The van der Waals surface area contributed by atoms with Gasteiger partial charge in [0.05, 0.1) is 12.2 Å². The molecule has 2 saturated heterocycles. The lowest BCUT2D eigenvalue weighted by atomic mass is 9.93. The maximum absolute atomic E-state index is 10.4. The first-order valence-electron chi connectivity index (χ1n) is 9.44. The molecule has 2 aliphatic rings. The zero-order valence-electron chi connectivity index (χ0n) is 15.1. The second-order valence-electron chi connectivity index (χ2n) is 7.60. The number of aliphatic hydroxyl groups is 1. The van der Waals surface area contributed by atoms with Crippen LogP contribution in [0.15, 0.2) is 24.3 Å². The number of piperidine rings is 1. The first-order chi connectivity index (χ1) is 11.6. The van der Waals surface area contributed by atoms with Crippen LogP contribution in [0.5, 0.6) is 0 Å². The Morgan fingerprint density at radius 2 is 2.08 bits per heavy atom. The van der Waals surface area contributed by atoms with Crippen molar-refractivity contribution < 1.29 is 9.84 Å². The number of hydrogen-bond acceptors (Lipinski definition) is 4. The largest absolute Gasteiger partial charge is 0.387 e. The fourth-order valence-corrected chi connectivity index (χ4v) is 3.95. The van der Waals surface area contributed by atoms with E-state index in [0.29, 0.717) is 24.6 Å². The Kier molecular flexibility index (Phi) is 6.28. The van der Waals surface area contributed by atoms with Crippen LogP contribution in [0.1, 0.15) is 43.4 Å². The van der Waals surface area contributed by atoms with Gasteiger partial charge in [-0.15, -0.1) is 0 Å². The Balaban J connectivity index is 1.42. The van der Waals surface area contributed by atoms with Crippen molar-refractivity contribution in [3.05, 3.63) is 35.4 Å². The Labute approximate surface area is 146 Å². The van der Waals surface area contributed by atoms with Crippen molar-refractivity contribution >= 4 is 0 Å². The predicted molar refractivity (Wildman–Crippen MR) is 97.1 cm³/mol. The molecule has 3 rings (SSSR count). The van der Waals surface area contributed by atoms with Gasteiger partial charge in [-0.05, 0) is 44.2 Å². The molecule has 134 valence electrons. The van der Waals surface area contributed by atoms with Crippen molar-refractivity contribution in [2.75, 3.05) is 32.8 Å². The fourth-order valence-electron chi connectivity index (χ4n) is 3.95. The van der Waals surface area contributed by atoms with Crippen LogP contribution in [0.2, 0.25) is 0 Å². The van der Waals surface area contributed by atoms with Gasteiger partial charge in [-0.3, -0.25) is 0 Å². The summed E-state index contributed by atoms with van der Waals surface area (Å²) >= 11 is 0. The lowest BCUT2D eigenvalue weighted by Gasteiger charge is -2.38. The van der Waals surface area contributed by atoms with Crippen LogP contribution >= 0.6 is 0 Å². The average molecular weight is 332 g/mol. The molecule has 0 aromatic heterocycles. The number of benzene rings is 1. The van der Waals surface area contributed by atoms with Crippen LogP contribution in [0.25, 0.3) is 0 Å². The van der Waals surface area contributed by atoms with Crippen LogP contribution < -0.4 is 5.32 Å². The van der Waals surface area contributed by atoms with Gasteiger partial charge in [0.2, 0.25) is 0 Å². The quantitative estimate of drug-likeness (QED) is 0.840. The summed E-state index contributed by atoms with van der Waals surface area (Å²) in [6.07, 6.45) is 3.60. The molecule has 0 saturated carbocycles. The molecule has 2 N–H and O–H groups in total. The number of ether oxygens (including phenoxy) is 1. The number of aryl methyl sites for hydroxylation is 1. The van der Waals surface area contributed by atoms with Gasteiger partial charge >= 0.3 is 0 Å². The molecular formula is C20H32N2O2. The van der Waals surface area contributed by atoms with E-state index in [9.17, 15) is 5.11 Å². The molecule has 4 heteroatoms. The molecule has 0 bridgehead atoms. The van der Waals surface area contributed by atoms with Crippen molar-refractivity contribution in [1.29, 1.82) is 0 Å². The zero-order chi connectivity index (χ0) is 16.9. The van der Waals surface area contributed by atoms with Crippen molar-refractivity contribution in [1.82, 2.24) is 10.2 Å². The first-order valence-corrected chi connectivity index (χ1v) is 9.44. The molecule has 0 amide bonds. The fraction of sp³-hybridized carbons (Fsp3) is 0.700. The summed E-state index contributed by atoms with van der Waals surface area (Å²) in [5.74, 6) is 0.602. The van der Waals surface area contributed by atoms with E-state index in [-0.39, 0.29) is 0 Å². The van der Waals surface area contributed by atoms with E-state index in [2.05, 4.69) is 36.2 Å². The minimum absolute atomic E-state index is 0.428. The number of hydrogen-bond donors (Lipinski definition) is 2. The van der Waals surface area contributed by atoms with Crippen LogP contribution in [0.3, 0.4) is 0 Å². The molecule has 1 aromatic carbocycles. The van der Waals surface area contributed by atoms with Crippen molar-refractivity contribution in [2.45, 2.75) is 51.4 Å². The predicted octanol–water partition coefficient (Wildman–Crippen LogP) is 2.51. The molecule has 1 aromatic rings. The second kappa shape index (κ2) is 8.43. The Morgan fingerprint density at radius 3 is 2.75 bits per heavy atom. The van der Waals surface area contributed by atoms with E-state index < -0.39 is 6.10 Å². The first kappa shape index (κ1) is 17.9.